The molecule has 8 aromatic carbocycles. The van der Waals surface area contributed by atoms with Gasteiger partial charge in [-0.3, -0.25) is 0 Å². The van der Waals surface area contributed by atoms with E-state index >= 15 is 0 Å². The van der Waals surface area contributed by atoms with Gasteiger partial charge < -0.3 is 14.7 Å². The molecule has 418 valence electrons. The molecule has 0 amide bonds. The maximum absolute atomic E-state index is 2.71. The standard InChI is InChI=1S/C78H88BN3/c1-47-38-69-71-70(39-47)82(53-27-30-59-60(43-53)75(12,13)35-34-74(59,10)11)68-46-62-61(76(14,15)36-37-77(62,16)17)45-64(68)79(71)63-31-28-54(44-67(63)81(69)52-26-29-58-56(42-52)55-22-20-21-23-57(55)78(58,18)19)80(65-32-24-50(40-48(65)2)72(4,5)6)66-33-25-51(41-49(66)3)73(7,8)9/h20-33,38-46H,34-37H2,1-19H3. The summed E-state index contributed by atoms with van der Waals surface area (Å²) in [5.74, 6) is 0. The third kappa shape index (κ3) is 8.25. The fourth-order valence-corrected chi connectivity index (χ4v) is 15.6. The molecule has 0 N–H and O–H groups in total. The van der Waals surface area contributed by atoms with E-state index in [0.717, 1.165) is 18.5 Å². The molecule has 3 nitrogen and oxygen atoms in total. The van der Waals surface area contributed by atoms with Crippen LogP contribution in [0.25, 0.3) is 11.1 Å². The van der Waals surface area contributed by atoms with Gasteiger partial charge in [-0.1, -0.05) is 184 Å². The smallest absolute Gasteiger partial charge is 0.252 e. The lowest BCUT2D eigenvalue weighted by Gasteiger charge is -2.48. The molecule has 0 saturated carbocycles. The zero-order chi connectivity index (χ0) is 58.3. The van der Waals surface area contributed by atoms with Crippen LogP contribution < -0.4 is 31.1 Å². The van der Waals surface area contributed by atoms with Crippen LogP contribution in [-0.2, 0) is 37.9 Å². The first kappa shape index (κ1) is 54.5. The van der Waals surface area contributed by atoms with E-state index in [-0.39, 0.29) is 44.6 Å². The topological polar surface area (TPSA) is 9.72 Å². The average molecular weight is 1080 g/mol. The molecule has 3 aliphatic carbocycles. The first-order valence-electron chi connectivity index (χ1n) is 30.9. The van der Waals surface area contributed by atoms with Crippen molar-refractivity contribution >= 4 is 74.3 Å². The van der Waals surface area contributed by atoms with Gasteiger partial charge in [-0.25, -0.2) is 0 Å². The third-order valence-corrected chi connectivity index (χ3v) is 21.0. The van der Waals surface area contributed by atoms with E-state index < -0.39 is 0 Å². The molecule has 0 atom stereocenters. The summed E-state index contributed by atoms with van der Waals surface area (Å²) in [6, 6.07) is 56.4. The first-order valence-corrected chi connectivity index (χ1v) is 30.9. The second-order valence-corrected chi connectivity index (χ2v) is 31.0. The van der Waals surface area contributed by atoms with E-state index in [0.29, 0.717) is 0 Å². The Morgan fingerprint density at radius 3 is 1.43 bits per heavy atom. The van der Waals surface area contributed by atoms with E-state index in [4.69, 9.17) is 0 Å². The van der Waals surface area contributed by atoms with Gasteiger partial charge in [0.15, 0.2) is 0 Å². The monoisotopic (exact) mass is 1080 g/mol. The number of nitrogens with zero attached hydrogens (tertiary/aromatic N) is 3. The van der Waals surface area contributed by atoms with Crippen LogP contribution >= 0.6 is 0 Å². The maximum Gasteiger partial charge on any atom is 0.252 e. The van der Waals surface area contributed by atoms with Crippen molar-refractivity contribution in [3.05, 3.63) is 201 Å². The van der Waals surface area contributed by atoms with E-state index in [1.54, 1.807) is 0 Å². The zero-order valence-corrected chi connectivity index (χ0v) is 53.0. The molecule has 0 saturated heterocycles. The molecule has 13 rings (SSSR count). The van der Waals surface area contributed by atoms with Crippen LogP contribution in [0.5, 0.6) is 0 Å². The van der Waals surface area contributed by atoms with Crippen molar-refractivity contribution in [1.82, 2.24) is 0 Å². The predicted molar refractivity (Wildman–Crippen MR) is 355 cm³/mol. The Kier molecular flexibility index (Phi) is 11.9. The van der Waals surface area contributed by atoms with Gasteiger partial charge in [-0.2, -0.15) is 0 Å². The summed E-state index contributed by atoms with van der Waals surface area (Å²) in [7, 11) is 0. The molecule has 0 spiro atoms. The fourth-order valence-electron chi connectivity index (χ4n) is 15.6. The van der Waals surface area contributed by atoms with Crippen LogP contribution in [0, 0.1) is 20.8 Å². The molecule has 2 heterocycles. The molecule has 2 aliphatic heterocycles. The Bertz CT molecular complexity index is 3930. The van der Waals surface area contributed by atoms with Gasteiger partial charge in [0.25, 0.3) is 6.71 Å². The summed E-state index contributed by atoms with van der Waals surface area (Å²) in [6.45, 7) is 45.5. The van der Waals surface area contributed by atoms with Crippen LogP contribution in [0.4, 0.5) is 51.2 Å². The van der Waals surface area contributed by atoms with Gasteiger partial charge in [-0.05, 0) is 234 Å². The van der Waals surface area contributed by atoms with E-state index in [9.17, 15) is 0 Å². The Morgan fingerprint density at radius 1 is 0.402 bits per heavy atom. The highest BCUT2D eigenvalue weighted by atomic mass is 15.2. The summed E-state index contributed by atoms with van der Waals surface area (Å²) in [4.78, 5) is 7.95. The van der Waals surface area contributed by atoms with E-state index in [1.807, 2.05) is 0 Å². The van der Waals surface area contributed by atoms with Crippen LogP contribution in [0.15, 0.2) is 140 Å². The van der Waals surface area contributed by atoms with Crippen molar-refractivity contribution in [3.8, 4) is 11.1 Å². The lowest BCUT2D eigenvalue weighted by Crippen LogP contribution is -2.62. The number of hydrogen-bond acceptors (Lipinski definition) is 3. The quantitative estimate of drug-likeness (QED) is 0.159. The van der Waals surface area contributed by atoms with Crippen LogP contribution in [0.2, 0.25) is 0 Å². The number of fused-ring (bicyclic) bond motifs is 9. The van der Waals surface area contributed by atoms with Crippen LogP contribution in [0.1, 0.15) is 198 Å². The fraction of sp³-hybridized carbons (Fsp3) is 0.385. The molecule has 5 aliphatic rings. The van der Waals surface area contributed by atoms with Crippen molar-refractivity contribution in [2.45, 2.75) is 195 Å². The number of aryl methyl sites for hydroxylation is 3. The van der Waals surface area contributed by atoms with Gasteiger partial charge >= 0.3 is 0 Å². The van der Waals surface area contributed by atoms with Crippen molar-refractivity contribution in [2.24, 2.45) is 0 Å². The predicted octanol–water partition coefficient (Wildman–Crippen LogP) is 19.8. The maximum atomic E-state index is 2.71. The SMILES string of the molecule is Cc1cc2c3c(c1)N(c1ccc4c(c1)C(C)(C)CCC4(C)C)c1cc4c(cc1B3c1ccc(N(c3ccc(C(C)(C)C)cc3C)c3ccc(C(C)(C)C)cc3C)cc1N2c1ccc2c(c1)-c1ccccc1C2(C)C)C(C)(C)CCC4(C)C. The molecule has 0 radical (unpaired) electrons. The van der Waals surface area contributed by atoms with Gasteiger partial charge in [0.2, 0.25) is 0 Å². The molecular weight excluding hydrogens is 990 g/mol. The summed E-state index contributed by atoms with van der Waals surface area (Å²) >= 11 is 0. The summed E-state index contributed by atoms with van der Waals surface area (Å²) in [5, 5.41) is 0. The highest BCUT2D eigenvalue weighted by molar-refractivity contribution is 7.00. The molecular formula is C78H88BN3. The minimum atomic E-state index is -0.114. The lowest BCUT2D eigenvalue weighted by atomic mass is 9.33. The third-order valence-electron chi connectivity index (χ3n) is 21.0. The van der Waals surface area contributed by atoms with E-state index in [1.165, 1.54) is 147 Å². The Balaban J connectivity index is 1.12. The second kappa shape index (κ2) is 17.9. The molecule has 0 aromatic heterocycles. The van der Waals surface area contributed by atoms with Crippen molar-refractivity contribution in [1.29, 1.82) is 0 Å². The normalized spacial score (nSPS) is 18.2. The second-order valence-electron chi connectivity index (χ2n) is 31.0. The van der Waals surface area contributed by atoms with Crippen molar-refractivity contribution in [3.63, 3.8) is 0 Å². The van der Waals surface area contributed by atoms with E-state index in [2.05, 4.69) is 286 Å². The molecule has 0 unspecified atom stereocenters. The minimum Gasteiger partial charge on any atom is -0.311 e. The van der Waals surface area contributed by atoms with Gasteiger partial charge in [-0.15, -0.1) is 0 Å². The van der Waals surface area contributed by atoms with Gasteiger partial charge in [0.1, 0.15) is 0 Å². The molecule has 0 fully saturated rings. The number of rotatable bonds is 5. The minimum absolute atomic E-state index is 0.0180. The Hall–Kier alpha value is -6.78. The molecule has 4 heteroatoms. The van der Waals surface area contributed by atoms with Crippen molar-refractivity contribution in [2.75, 3.05) is 14.7 Å². The number of hydrogen-bond donors (Lipinski definition) is 0. The highest BCUT2D eigenvalue weighted by Crippen LogP contribution is 2.55. The average Bonchev–Trinajstić information content (AvgIpc) is 1.08. The summed E-state index contributed by atoms with van der Waals surface area (Å²) in [6.07, 6.45) is 4.68. The van der Waals surface area contributed by atoms with Gasteiger partial charge in [0.05, 0.1) is 0 Å². The Morgan fingerprint density at radius 2 is 0.878 bits per heavy atom. The molecule has 82 heavy (non-hydrogen) atoms. The largest absolute Gasteiger partial charge is 0.311 e. The number of benzene rings is 8. The zero-order valence-electron chi connectivity index (χ0n) is 53.0. The van der Waals surface area contributed by atoms with Crippen molar-refractivity contribution < 1.29 is 0 Å². The van der Waals surface area contributed by atoms with Crippen LogP contribution in [0.3, 0.4) is 0 Å². The molecule has 8 aromatic rings. The highest BCUT2D eigenvalue weighted by Gasteiger charge is 2.48. The lowest BCUT2D eigenvalue weighted by molar-refractivity contribution is 0.332. The Labute approximate surface area is 493 Å². The number of anilines is 9. The van der Waals surface area contributed by atoms with Crippen LogP contribution in [-0.4, -0.2) is 6.71 Å². The summed E-state index contributed by atoms with van der Waals surface area (Å²) < 4.78 is 0. The molecule has 0 bridgehead atoms. The first-order chi connectivity index (χ1) is 38.4. The van der Waals surface area contributed by atoms with Gasteiger partial charge in [0, 0.05) is 56.6 Å². The summed E-state index contributed by atoms with van der Waals surface area (Å²) in [5.41, 5.74) is 33.2.